The number of fused-ring (bicyclic) bond motifs is 1. The summed E-state index contributed by atoms with van der Waals surface area (Å²) >= 11 is 0. The molecule has 0 aliphatic rings. The minimum absolute atomic E-state index is 0.0327. The number of ether oxygens (including phenoxy) is 1. The van der Waals surface area contributed by atoms with Crippen LogP contribution in [0.5, 0.6) is 5.88 Å². The first kappa shape index (κ1) is 23.4. The van der Waals surface area contributed by atoms with Crippen molar-refractivity contribution >= 4 is 16.9 Å². The van der Waals surface area contributed by atoms with E-state index in [4.69, 9.17) is 9.72 Å². The molecule has 0 aliphatic heterocycles. The van der Waals surface area contributed by atoms with E-state index < -0.39 is 0 Å². The fraction of sp³-hybridized carbons (Fsp3) is 0.296. The lowest BCUT2D eigenvalue weighted by molar-refractivity contribution is -0.121. The second-order valence-electron chi connectivity index (χ2n) is 8.39. The monoisotopic (exact) mass is 460 g/mol. The number of rotatable bonds is 8. The highest BCUT2D eigenvalue weighted by Crippen LogP contribution is 2.32. The lowest BCUT2D eigenvalue weighted by Crippen LogP contribution is -2.23. The SMILES string of the molecule is CCOc1nc2c(c(C)nn2-c2cccc(F)c2)c(C)c1CCC(=O)NCc1ccc(C)cc1. The summed E-state index contributed by atoms with van der Waals surface area (Å²) in [7, 11) is 0. The number of carbonyl (C=O) groups is 1. The van der Waals surface area contributed by atoms with Crippen molar-refractivity contribution < 1.29 is 13.9 Å². The van der Waals surface area contributed by atoms with E-state index in [1.165, 1.54) is 17.7 Å². The summed E-state index contributed by atoms with van der Waals surface area (Å²) in [6, 6.07) is 14.4. The van der Waals surface area contributed by atoms with Crippen molar-refractivity contribution in [2.24, 2.45) is 0 Å². The average Bonchev–Trinajstić information content (AvgIpc) is 3.15. The quantitative estimate of drug-likeness (QED) is 0.396. The molecule has 2 aromatic carbocycles. The van der Waals surface area contributed by atoms with E-state index in [9.17, 15) is 9.18 Å². The third-order valence-electron chi connectivity index (χ3n) is 5.88. The van der Waals surface area contributed by atoms with Crippen LogP contribution in [0.4, 0.5) is 4.39 Å². The average molecular weight is 461 g/mol. The Labute approximate surface area is 198 Å². The minimum Gasteiger partial charge on any atom is -0.478 e. The van der Waals surface area contributed by atoms with E-state index in [0.717, 1.165) is 27.8 Å². The molecular weight excluding hydrogens is 431 g/mol. The number of hydrogen-bond acceptors (Lipinski definition) is 4. The first-order valence-electron chi connectivity index (χ1n) is 11.5. The topological polar surface area (TPSA) is 69.0 Å². The maximum absolute atomic E-state index is 13.8. The van der Waals surface area contributed by atoms with Gasteiger partial charge in [0.25, 0.3) is 0 Å². The first-order valence-corrected chi connectivity index (χ1v) is 11.5. The third kappa shape index (κ3) is 4.93. The van der Waals surface area contributed by atoms with Gasteiger partial charge in [-0.3, -0.25) is 4.79 Å². The summed E-state index contributed by atoms with van der Waals surface area (Å²) in [5.41, 5.74) is 6.10. The van der Waals surface area contributed by atoms with Gasteiger partial charge in [-0.05, 0) is 63.4 Å². The highest BCUT2D eigenvalue weighted by molar-refractivity contribution is 5.86. The van der Waals surface area contributed by atoms with Gasteiger partial charge >= 0.3 is 0 Å². The van der Waals surface area contributed by atoms with Gasteiger partial charge in [-0.25, -0.2) is 9.07 Å². The number of hydrogen-bond donors (Lipinski definition) is 1. The Hall–Kier alpha value is -3.74. The summed E-state index contributed by atoms with van der Waals surface area (Å²) in [6.07, 6.45) is 0.811. The van der Waals surface area contributed by atoms with Gasteiger partial charge in [-0.2, -0.15) is 10.1 Å². The number of halogens is 1. The largest absolute Gasteiger partial charge is 0.478 e. The molecule has 4 aromatic rings. The number of nitrogens with zero attached hydrogens (tertiary/aromatic N) is 3. The molecule has 2 heterocycles. The van der Waals surface area contributed by atoms with Crippen LogP contribution in [0.1, 0.15) is 41.3 Å². The van der Waals surface area contributed by atoms with Crippen molar-refractivity contribution in [2.75, 3.05) is 6.61 Å². The van der Waals surface area contributed by atoms with Crippen LogP contribution in [0.2, 0.25) is 0 Å². The molecule has 0 atom stereocenters. The molecule has 34 heavy (non-hydrogen) atoms. The van der Waals surface area contributed by atoms with Gasteiger partial charge in [-0.15, -0.1) is 0 Å². The van der Waals surface area contributed by atoms with Gasteiger partial charge in [0.1, 0.15) is 5.82 Å². The third-order valence-corrected chi connectivity index (χ3v) is 5.88. The molecule has 2 aromatic heterocycles. The van der Waals surface area contributed by atoms with Crippen molar-refractivity contribution in [3.8, 4) is 11.6 Å². The molecule has 4 rings (SSSR count). The normalized spacial score (nSPS) is 11.1. The number of benzene rings is 2. The van der Waals surface area contributed by atoms with Crippen LogP contribution in [0, 0.1) is 26.6 Å². The maximum Gasteiger partial charge on any atom is 0.220 e. The van der Waals surface area contributed by atoms with Gasteiger partial charge in [0.15, 0.2) is 5.65 Å². The lowest BCUT2D eigenvalue weighted by Gasteiger charge is -2.14. The second kappa shape index (κ2) is 10.0. The fourth-order valence-electron chi connectivity index (χ4n) is 4.10. The molecule has 0 aliphatic carbocycles. The molecule has 6 nitrogen and oxygen atoms in total. The van der Waals surface area contributed by atoms with Gasteiger partial charge < -0.3 is 10.1 Å². The zero-order valence-corrected chi connectivity index (χ0v) is 20.0. The Bertz CT molecular complexity index is 1330. The van der Waals surface area contributed by atoms with Crippen molar-refractivity contribution in [3.63, 3.8) is 0 Å². The first-order chi connectivity index (χ1) is 16.4. The maximum atomic E-state index is 13.8. The molecule has 7 heteroatoms. The highest BCUT2D eigenvalue weighted by Gasteiger charge is 2.20. The molecule has 0 spiro atoms. The Morgan fingerprint density at radius 2 is 1.88 bits per heavy atom. The molecular formula is C27H29FN4O2. The van der Waals surface area contributed by atoms with Crippen LogP contribution in [-0.2, 0) is 17.8 Å². The summed E-state index contributed by atoms with van der Waals surface area (Å²) < 4.78 is 21.3. The van der Waals surface area contributed by atoms with E-state index in [0.29, 0.717) is 43.2 Å². The number of amides is 1. The van der Waals surface area contributed by atoms with Crippen LogP contribution < -0.4 is 10.1 Å². The predicted molar refractivity (Wildman–Crippen MR) is 131 cm³/mol. The van der Waals surface area contributed by atoms with Gasteiger partial charge in [0, 0.05) is 23.9 Å². The van der Waals surface area contributed by atoms with Crippen LogP contribution in [-0.4, -0.2) is 27.3 Å². The van der Waals surface area contributed by atoms with Crippen LogP contribution in [0.25, 0.3) is 16.7 Å². The lowest BCUT2D eigenvalue weighted by atomic mass is 10.0. The summed E-state index contributed by atoms with van der Waals surface area (Å²) in [5.74, 6) is 0.111. The molecule has 0 bridgehead atoms. The molecule has 0 fully saturated rings. The molecule has 1 amide bonds. The van der Waals surface area contributed by atoms with Crippen molar-refractivity contribution in [1.82, 2.24) is 20.1 Å². The predicted octanol–water partition coefficient (Wildman–Crippen LogP) is 5.13. The molecule has 0 saturated heterocycles. The van der Waals surface area contributed by atoms with Crippen molar-refractivity contribution in [1.29, 1.82) is 0 Å². The number of aromatic nitrogens is 3. The van der Waals surface area contributed by atoms with Gasteiger partial charge in [-0.1, -0.05) is 35.9 Å². The number of carbonyl (C=O) groups excluding carboxylic acids is 1. The smallest absolute Gasteiger partial charge is 0.220 e. The zero-order chi connectivity index (χ0) is 24.2. The Morgan fingerprint density at radius 3 is 2.59 bits per heavy atom. The number of aryl methyl sites for hydroxylation is 3. The van der Waals surface area contributed by atoms with E-state index in [1.807, 2.05) is 52.0 Å². The van der Waals surface area contributed by atoms with Crippen LogP contribution in [0.15, 0.2) is 48.5 Å². The number of nitrogens with one attached hydrogen (secondary N) is 1. The van der Waals surface area contributed by atoms with Crippen LogP contribution >= 0.6 is 0 Å². The second-order valence-corrected chi connectivity index (χ2v) is 8.39. The van der Waals surface area contributed by atoms with Gasteiger partial charge in [0.05, 0.1) is 18.0 Å². The van der Waals surface area contributed by atoms with Crippen molar-refractivity contribution in [3.05, 3.63) is 82.3 Å². The number of pyridine rings is 1. The minimum atomic E-state index is -0.339. The fourth-order valence-corrected chi connectivity index (χ4v) is 4.10. The Morgan fingerprint density at radius 1 is 1.12 bits per heavy atom. The zero-order valence-electron chi connectivity index (χ0n) is 20.0. The Balaban J connectivity index is 1.60. The van der Waals surface area contributed by atoms with Crippen LogP contribution in [0.3, 0.4) is 0 Å². The van der Waals surface area contributed by atoms with E-state index >= 15 is 0 Å². The summed E-state index contributed by atoms with van der Waals surface area (Å²) in [5, 5.41) is 8.50. The van der Waals surface area contributed by atoms with Gasteiger partial charge in [0.2, 0.25) is 11.8 Å². The molecule has 0 radical (unpaired) electrons. The summed E-state index contributed by atoms with van der Waals surface area (Å²) in [6.45, 7) is 8.77. The van der Waals surface area contributed by atoms with E-state index in [-0.39, 0.29) is 11.7 Å². The molecule has 0 unspecified atom stereocenters. The standard InChI is InChI=1S/C27H29FN4O2/c1-5-34-27-23(13-14-24(33)29-16-20-11-9-17(2)10-12-20)18(3)25-19(4)31-32(26(25)30-27)22-8-6-7-21(28)15-22/h6-12,15H,5,13-14,16H2,1-4H3,(H,29,33). The highest BCUT2D eigenvalue weighted by atomic mass is 19.1. The van der Waals surface area contributed by atoms with Crippen molar-refractivity contribution in [2.45, 2.75) is 47.1 Å². The van der Waals surface area contributed by atoms with E-state index in [2.05, 4.69) is 10.4 Å². The summed E-state index contributed by atoms with van der Waals surface area (Å²) in [4.78, 5) is 17.3. The molecule has 0 saturated carbocycles. The molecule has 1 N–H and O–H groups in total. The molecule has 176 valence electrons. The Kier molecular flexibility index (Phi) is 6.91. The van der Waals surface area contributed by atoms with E-state index in [1.54, 1.807) is 16.8 Å².